The molecule has 0 amide bonds. The zero-order chi connectivity index (χ0) is 11.4. The first-order valence-corrected chi connectivity index (χ1v) is 6.50. The molecule has 15 heavy (non-hydrogen) atoms. The van der Waals surface area contributed by atoms with Gasteiger partial charge in [-0.1, -0.05) is 13.8 Å². The summed E-state index contributed by atoms with van der Waals surface area (Å²) < 4.78 is 0. The van der Waals surface area contributed by atoms with Crippen LogP contribution >= 0.6 is 0 Å². The summed E-state index contributed by atoms with van der Waals surface area (Å²) in [4.78, 5) is 2.58. The zero-order valence-corrected chi connectivity index (χ0v) is 10.7. The van der Waals surface area contributed by atoms with Crippen LogP contribution in [-0.2, 0) is 0 Å². The number of aliphatic hydroxyl groups excluding tert-OH is 1. The van der Waals surface area contributed by atoms with Crippen LogP contribution < -0.4 is 0 Å². The molecule has 1 aliphatic rings. The van der Waals surface area contributed by atoms with Crippen LogP contribution in [0.3, 0.4) is 0 Å². The lowest BCUT2D eigenvalue weighted by Gasteiger charge is -2.42. The molecule has 0 aromatic heterocycles. The van der Waals surface area contributed by atoms with Crippen molar-refractivity contribution in [1.82, 2.24) is 4.90 Å². The van der Waals surface area contributed by atoms with Crippen molar-refractivity contribution in [1.29, 1.82) is 0 Å². The Morgan fingerprint density at radius 1 is 1.33 bits per heavy atom. The summed E-state index contributed by atoms with van der Waals surface area (Å²) >= 11 is 0. The predicted octanol–water partition coefficient (Wildman–Crippen LogP) is 2.66. The van der Waals surface area contributed by atoms with E-state index in [0.717, 1.165) is 18.8 Å². The fourth-order valence-corrected chi connectivity index (χ4v) is 2.80. The van der Waals surface area contributed by atoms with Gasteiger partial charge < -0.3 is 5.11 Å². The van der Waals surface area contributed by atoms with Gasteiger partial charge in [0, 0.05) is 12.1 Å². The molecule has 0 aromatic carbocycles. The third-order valence-corrected chi connectivity index (χ3v) is 3.70. The fraction of sp³-hybridized carbons (Fsp3) is 1.00. The third-order valence-electron chi connectivity index (χ3n) is 3.70. The Bertz CT molecular complexity index is 181. The number of nitrogens with zero attached hydrogens (tertiary/aromatic N) is 1. The van der Waals surface area contributed by atoms with Crippen LogP contribution in [-0.4, -0.2) is 34.7 Å². The molecule has 0 aliphatic heterocycles. The average Bonchev–Trinajstić information content (AvgIpc) is 2.18. The average molecular weight is 213 g/mol. The quantitative estimate of drug-likeness (QED) is 0.776. The Balaban J connectivity index is 2.62. The van der Waals surface area contributed by atoms with Crippen LogP contribution in [0.5, 0.6) is 0 Å². The van der Waals surface area contributed by atoms with Crippen LogP contribution in [0.2, 0.25) is 0 Å². The molecule has 0 radical (unpaired) electrons. The van der Waals surface area contributed by atoms with Gasteiger partial charge in [0.2, 0.25) is 0 Å². The number of aliphatic hydroxyl groups is 1. The molecule has 2 heteroatoms. The summed E-state index contributed by atoms with van der Waals surface area (Å²) in [6, 6.07) is 1.19. The highest BCUT2D eigenvalue weighted by Gasteiger charge is 2.31. The van der Waals surface area contributed by atoms with E-state index in [-0.39, 0.29) is 6.10 Å². The molecule has 3 atom stereocenters. The summed E-state index contributed by atoms with van der Waals surface area (Å²) in [5, 5.41) is 9.77. The Labute approximate surface area is 94.7 Å². The van der Waals surface area contributed by atoms with Crippen molar-refractivity contribution < 1.29 is 5.11 Å². The molecular weight excluding hydrogens is 186 g/mol. The molecule has 3 unspecified atom stereocenters. The number of rotatable bonds is 4. The van der Waals surface area contributed by atoms with Crippen LogP contribution in [0.4, 0.5) is 0 Å². The van der Waals surface area contributed by atoms with E-state index < -0.39 is 0 Å². The first-order chi connectivity index (χ1) is 7.06. The van der Waals surface area contributed by atoms with Gasteiger partial charge in [-0.2, -0.15) is 0 Å². The van der Waals surface area contributed by atoms with Crippen molar-refractivity contribution in [2.24, 2.45) is 5.92 Å². The molecular formula is C13H27NO. The standard InChI is InChI=1S/C13H27NO/c1-5-8-14(10(2)3)13-9-12(15)7-6-11(13)4/h10-13,15H,5-9H2,1-4H3. The van der Waals surface area contributed by atoms with Crippen LogP contribution in [0.25, 0.3) is 0 Å². The Morgan fingerprint density at radius 3 is 2.53 bits per heavy atom. The Kier molecular flexibility index (Phi) is 5.07. The van der Waals surface area contributed by atoms with Crippen LogP contribution in [0.15, 0.2) is 0 Å². The second-order valence-corrected chi connectivity index (χ2v) is 5.34. The van der Waals surface area contributed by atoms with Gasteiger partial charge in [0.15, 0.2) is 0 Å². The second-order valence-electron chi connectivity index (χ2n) is 5.34. The summed E-state index contributed by atoms with van der Waals surface area (Å²) in [6.45, 7) is 10.3. The molecule has 1 rings (SSSR count). The van der Waals surface area contributed by atoms with Crippen molar-refractivity contribution in [2.75, 3.05) is 6.54 Å². The van der Waals surface area contributed by atoms with E-state index in [4.69, 9.17) is 0 Å². The fourth-order valence-electron chi connectivity index (χ4n) is 2.80. The molecule has 1 fully saturated rings. The minimum Gasteiger partial charge on any atom is -0.393 e. The van der Waals surface area contributed by atoms with Gasteiger partial charge in [-0.15, -0.1) is 0 Å². The SMILES string of the molecule is CCCN(C(C)C)C1CC(O)CCC1C. The van der Waals surface area contributed by atoms with E-state index in [1.54, 1.807) is 0 Å². The smallest absolute Gasteiger partial charge is 0.0555 e. The minimum atomic E-state index is -0.0655. The molecule has 0 heterocycles. The van der Waals surface area contributed by atoms with E-state index in [1.165, 1.54) is 19.4 Å². The normalized spacial score (nSPS) is 32.6. The highest BCUT2D eigenvalue weighted by molar-refractivity contribution is 4.86. The third kappa shape index (κ3) is 3.46. The van der Waals surface area contributed by atoms with Gasteiger partial charge >= 0.3 is 0 Å². The molecule has 0 spiro atoms. The molecule has 90 valence electrons. The van der Waals surface area contributed by atoms with Gasteiger partial charge in [0.1, 0.15) is 0 Å². The van der Waals surface area contributed by atoms with Crippen molar-refractivity contribution in [2.45, 2.75) is 71.6 Å². The first-order valence-electron chi connectivity index (χ1n) is 6.50. The van der Waals surface area contributed by atoms with Crippen LogP contribution in [0.1, 0.15) is 53.4 Å². The lowest BCUT2D eigenvalue weighted by molar-refractivity contribution is 0.0182. The predicted molar refractivity (Wildman–Crippen MR) is 64.9 cm³/mol. The highest BCUT2D eigenvalue weighted by atomic mass is 16.3. The van der Waals surface area contributed by atoms with E-state index in [9.17, 15) is 5.11 Å². The maximum absolute atomic E-state index is 9.77. The Morgan fingerprint density at radius 2 is 2.00 bits per heavy atom. The summed E-state index contributed by atoms with van der Waals surface area (Å²) in [6.07, 6.45) is 4.29. The van der Waals surface area contributed by atoms with Crippen LogP contribution in [0, 0.1) is 5.92 Å². The highest BCUT2D eigenvalue weighted by Crippen LogP contribution is 2.29. The lowest BCUT2D eigenvalue weighted by Crippen LogP contribution is -2.48. The second kappa shape index (κ2) is 5.86. The molecule has 2 nitrogen and oxygen atoms in total. The zero-order valence-electron chi connectivity index (χ0n) is 10.7. The van der Waals surface area contributed by atoms with Crippen molar-refractivity contribution >= 4 is 0 Å². The molecule has 0 saturated heterocycles. The number of hydrogen-bond acceptors (Lipinski definition) is 2. The number of hydrogen-bond donors (Lipinski definition) is 1. The summed E-state index contributed by atoms with van der Waals surface area (Å²) in [5.74, 6) is 0.738. The molecule has 0 bridgehead atoms. The molecule has 1 saturated carbocycles. The topological polar surface area (TPSA) is 23.5 Å². The first kappa shape index (κ1) is 13.0. The van der Waals surface area contributed by atoms with Gasteiger partial charge in [-0.3, -0.25) is 4.90 Å². The maximum Gasteiger partial charge on any atom is 0.0555 e. The minimum absolute atomic E-state index is 0.0655. The lowest BCUT2D eigenvalue weighted by atomic mass is 9.82. The van der Waals surface area contributed by atoms with E-state index in [0.29, 0.717) is 12.1 Å². The molecule has 0 aromatic rings. The van der Waals surface area contributed by atoms with Gasteiger partial charge in [0.05, 0.1) is 6.10 Å². The van der Waals surface area contributed by atoms with E-state index in [1.807, 2.05) is 0 Å². The largest absolute Gasteiger partial charge is 0.393 e. The summed E-state index contributed by atoms with van der Waals surface area (Å²) in [7, 11) is 0. The Hall–Kier alpha value is -0.0800. The summed E-state index contributed by atoms with van der Waals surface area (Å²) in [5.41, 5.74) is 0. The molecule has 1 N–H and O–H groups in total. The van der Waals surface area contributed by atoms with Gasteiger partial charge in [0.25, 0.3) is 0 Å². The van der Waals surface area contributed by atoms with E-state index >= 15 is 0 Å². The van der Waals surface area contributed by atoms with Gasteiger partial charge in [-0.05, 0) is 52.0 Å². The van der Waals surface area contributed by atoms with Crippen molar-refractivity contribution in [3.63, 3.8) is 0 Å². The monoisotopic (exact) mass is 213 g/mol. The maximum atomic E-state index is 9.77. The van der Waals surface area contributed by atoms with Crippen molar-refractivity contribution in [3.05, 3.63) is 0 Å². The van der Waals surface area contributed by atoms with Crippen molar-refractivity contribution in [3.8, 4) is 0 Å². The molecule has 1 aliphatic carbocycles. The van der Waals surface area contributed by atoms with Gasteiger partial charge in [-0.25, -0.2) is 0 Å². The van der Waals surface area contributed by atoms with E-state index in [2.05, 4.69) is 32.6 Å².